The smallest absolute Gasteiger partial charge is 0.134 e. The van der Waals surface area contributed by atoms with Crippen molar-refractivity contribution in [3.8, 4) is 6.07 Å². The zero-order valence-corrected chi connectivity index (χ0v) is 9.72. The molecule has 1 unspecified atom stereocenters. The summed E-state index contributed by atoms with van der Waals surface area (Å²) in [7, 11) is 0. The average Bonchev–Trinajstić information content (AvgIpc) is 2.35. The van der Waals surface area contributed by atoms with Crippen LogP contribution in [0.3, 0.4) is 0 Å². The molecule has 16 heavy (non-hydrogen) atoms. The maximum atomic E-state index is 9.22. The zero-order chi connectivity index (χ0) is 12.0. The molecule has 0 aliphatic heterocycles. The molecular weight excluding hydrogens is 202 g/mol. The third-order valence-corrected chi connectivity index (χ3v) is 2.43. The molecule has 86 valence electrons. The molecule has 0 spiro atoms. The summed E-state index contributed by atoms with van der Waals surface area (Å²) in [5.41, 5.74) is 0.800. The molecule has 0 saturated carbocycles. The first-order chi connectivity index (χ1) is 7.72. The largest absolute Gasteiger partial charge is 0.392 e. The van der Waals surface area contributed by atoms with E-state index in [1.807, 2.05) is 24.8 Å². The van der Waals surface area contributed by atoms with Crippen molar-refractivity contribution in [3.05, 3.63) is 23.9 Å². The predicted molar refractivity (Wildman–Crippen MR) is 62.8 cm³/mol. The van der Waals surface area contributed by atoms with Gasteiger partial charge in [-0.15, -0.1) is 0 Å². The van der Waals surface area contributed by atoms with Gasteiger partial charge in [0.25, 0.3) is 0 Å². The molecule has 0 aliphatic rings. The summed E-state index contributed by atoms with van der Waals surface area (Å²) in [6.07, 6.45) is 1.70. The number of hydrogen-bond acceptors (Lipinski definition) is 4. The van der Waals surface area contributed by atoms with Crippen LogP contribution in [0, 0.1) is 17.2 Å². The summed E-state index contributed by atoms with van der Waals surface area (Å²) < 4.78 is 0. The summed E-state index contributed by atoms with van der Waals surface area (Å²) in [6, 6.07) is 5.86. The highest BCUT2D eigenvalue weighted by molar-refractivity contribution is 5.46. The van der Waals surface area contributed by atoms with Gasteiger partial charge in [0.15, 0.2) is 0 Å². The quantitative estimate of drug-likeness (QED) is 0.816. The van der Waals surface area contributed by atoms with E-state index in [0.29, 0.717) is 6.54 Å². The minimum Gasteiger partial charge on any atom is -0.392 e. The summed E-state index contributed by atoms with van der Waals surface area (Å²) >= 11 is 0. The molecule has 1 rings (SSSR count). The second-order valence-electron chi connectivity index (χ2n) is 3.71. The van der Waals surface area contributed by atoms with Gasteiger partial charge in [-0.05, 0) is 19.9 Å². The van der Waals surface area contributed by atoms with Crippen LogP contribution in [0.15, 0.2) is 18.3 Å². The van der Waals surface area contributed by atoms with E-state index in [1.54, 1.807) is 12.3 Å². The fourth-order valence-electron chi connectivity index (χ4n) is 1.58. The van der Waals surface area contributed by atoms with Crippen LogP contribution in [0.2, 0.25) is 0 Å². The number of aliphatic hydroxyl groups excluding tert-OH is 1. The number of aliphatic hydroxyl groups is 1. The third kappa shape index (κ3) is 2.94. The van der Waals surface area contributed by atoms with Gasteiger partial charge in [-0.25, -0.2) is 4.98 Å². The number of aromatic nitrogens is 1. The first kappa shape index (κ1) is 12.5. The Morgan fingerprint density at radius 2 is 2.38 bits per heavy atom. The Kier molecular flexibility index (Phi) is 4.74. The lowest BCUT2D eigenvalue weighted by Gasteiger charge is -2.24. The van der Waals surface area contributed by atoms with Crippen molar-refractivity contribution in [3.63, 3.8) is 0 Å². The van der Waals surface area contributed by atoms with Crippen LogP contribution in [0.25, 0.3) is 0 Å². The molecule has 1 aromatic heterocycles. The predicted octanol–water partition coefficient (Wildman–Crippen LogP) is 1.56. The SMILES string of the molecule is CCN(CC(C)C#N)c1ncccc1CO. The molecule has 4 nitrogen and oxygen atoms in total. The number of nitrogens with zero attached hydrogens (tertiary/aromatic N) is 3. The second kappa shape index (κ2) is 6.09. The van der Waals surface area contributed by atoms with Crippen LogP contribution in [-0.4, -0.2) is 23.2 Å². The van der Waals surface area contributed by atoms with Crippen molar-refractivity contribution in [2.45, 2.75) is 20.5 Å². The van der Waals surface area contributed by atoms with Crippen LogP contribution < -0.4 is 4.90 Å². The third-order valence-electron chi connectivity index (χ3n) is 2.43. The Hall–Kier alpha value is -1.60. The Morgan fingerprint density at radius 3 is 2.94 bits per heavy atom. The summed E-state index contributed by atoms with van der Waals surface area (Å²) in [6.45, 7) is 5.28. The van der Waals surface area contributed by atoms with E-state index in [1.165, 1.54) is 0 Å². The van der Waals surface area contributed by atoms with E-state index in [2.05, 4.69) is 11.1 Å². The Morgan fingerprint density at radius 1 is 1.62 bits per heavy atom. The summed E-state index contributed by atoms with van der Waals surface area (Å²) in [4.78, 5) is 6.28. The van der Waals surface area contributed by atoms with Crippen LogP contribution >= 0.6 is 0 Å². The fourth-order valence-corrected chi connectivity index (χ4v) is 1.58. The van der Waals surface area contributed by atoms with Gasteiger partial charge >= 0.3 is 0 Å². The Balaban J connectivity index is 2.90. The average molecular weight is 219 g/mol. The fraction of sp³-hybridized carbons (Fsp3) is 0.500. The van der Waals surface area contributed by atoms with Crippen molar-refractivity contribution in [1.29, 1.82) is 5.26 Å². The standard InChI is InChI=1S/C12H17N3O/c1-3-15(8-10(2)7-13)12-11(9-16)5-4-6-14-12/h4-6,10,16H,3,8-9H2,1-2H3. The highest BCUT2D eigenvalue weighted by atomic mass is 16.3. The highest BCUT2D eigenvalue weighted by Gasteiger charge is 2.13. The number of nitriles is 1. The van der Waals surface area contributed by atoms with Crippen LogP contribution in [0.4, 0.5) is 5.82 Å². The van der Waals surface area contributed by atoms with Crippen molar-refractivity contribution < 1.29 is 5.11 Å². The number of rotatable bonds is 5. The first-order valence-electron chi connectivity index (χ1n) is 5.42. The van der Waals surface area contributed by atoms with Crippen molar-refractivity contribution in [1.82, 2.24) is 4.98 Å². The van der Waals surface area contributed by atoms with Gasteiger partial charge in [-0.1, -0.05) is 6.07 Å². The number of hydrogen-bond donors (Lipinski definition) is 1. The summed E-state index contributed by atoms with van der Waals surface area (Å²) in [5, 5.41) is 18.0. The second-order valence-corrected chi connectivity index (χ2v) is 3.71. The Bertz CT molecular complexity index is 373. The van der Waals surface area contributed by atoms with Gasteiger partial charge in [-0.2, -0.15) is 5.26 Å². The minimum atomic E-state index is -0.0477. The van der Waals surface area contributed by atoms with E-state index in [-0.39, 0.29) is 12.5 Å². The van der Waals surface area contributed by atoms with Crippen molar-refractivity contribution >= 4 is 5.82 Å². The van der Waals surface area contributed by atoms with Gasteiger partial charge < -0.3 is 10.0 Å². The molecule has 1 atom stereocenters. The summed E-state index contributed by atoms with van der Waals surface area (Å²) in [5.74, 6) is 0.725. The topological polar surface area (TPSA) is 60.2 Å². The van der Waals surface area contributed by atoms with E-state index >= 15 is 0 Å². The molecule has 0 aromatic carbocycles. The number of anilines is 1. The molecule has 1 heterocycles. The maximum absolute atomic E-state index is 9.22. The van der Waals surface area contributed by atoms with Gasteiger partial charge in [0.1, 0.15) is 5.82 Å². The van der Waals surface area contributed by atoms with Gasteiger partial charge in [0, 0.05) is 24.8 Å². The maximum Gasteiger partial charge on any atom is 0.134 e. The molecule has 1 aromatic rings. The highest BCUT2D eigenvalue weighted by Crippen LogP contribution is 2.17. The van der Waals surface area contributed by atoms with Crippen LogP contribution in [0.1, 0.15) is 19.4 Å². The number of pyridine rings is 1. The molecule has 1 N–H and O–H groups in total. The van der Waals surface area contributed by atoms with Crippen molar-refractivity contribution in [2.24, 2.45) is 5.92 Å². The van der Waals surface area contributed by atoms with Crippen LogP contribution in [-0.2, 0) is 6.61 Å². The normalized spacial score (nSPS) is 11.9. The van der Waals surface area contributed by atoms with E-state index in [9.17, 15) is 5.11 Å². The lowest BCUT2D eigenvalue weighted by Crippen LogP contribution is -2.29. The Labute approximate surface area is 96.2 Å². The molecule has 0 amide bonds. The monoisotopic (exact) mass is 219 g/mol. The minimum absolute atomic E-state index is 0.0272. The van der Waals surface area contributed by atoms with E-state index < -0.39 is 0 Å². The zero-order valence-electron chi connectivity index (χ0n) is 9.72. The van der Waals surface area contributed by atoms with Crippen LogP contribution in [0.5, 0.6) is 0 Å². The molecule has 0 fully saturated rings. The molecule has 0 radical (unpaired) electrons. The molecule has 4 heteroatoms. The van der Waals surface area contributed by atoms with E-state index in [0.717, 1.165) is 17.9 Å². The van der Waals surface area contributed by atoms with Gasteiger partial charge in [0.05, 0.1) is 18.6 Å². The molecule has 0 aliphatic carbocycles. The van der Waals surface area contributed by atoms with Gasteiger partial charge in [-0.3, -0.25) is 0 Å². The first-order valence-corrected chi connectivity index (χ1v) is 5.42. The lowest BCUT2D eigenvalue weighted by atomic mass is 10.1. The van der Waals surface area contributed by atoms with E-state index in [4.69, 9.17) is 5.26 Å². The molecular formula is C12H17N3O. The van der Waals surface area contributed by atoms with Gasteiger partial charge in [0.2, 0.25) is 0 Å². The lowest BCUT2D eigenvalue weighted by molar-refractivity contribution is 0.281. The molecule has 0 saturated heterocycles. The molecule has 0 bridgehead atoms. The van der Waals surface area contributed by atoms with Crippen molar-refractivity contribution in [2.75, 3.05) is 18.0 Å².